The van der Waals surface area contributed by atoms with E-state index in [-0.39, 0.29) is 0 Å². The molecule has 0 aliphatic carbocycles. The molecule has 0 aromatic carbocycles. The SMILES string of the molecule is CCCn1ccnc1CC(NCC)c1ccc(CC)s1. The molecule has 0 aliphatic rings. The Hall–Kier alpha value is -1.13. The van der Waals surface area contributed by atoms with Crippen LogP contribution >= 0.6 is 11.3 Å². The van der Waals surface area contributed by atoms with Crippen LogP contribution in [0, 0.1) is 0 Å². The Morgan fingerprint density at radius 3 is 2.80 bits per heavy atom. The number of nitrogens with zero attached hydrogens (tertiary/aromatic N) is 2. The molecule has 2 aromatic heterocycles. The molecule has 0 amide bonds. The van der Waals surface area contributed by atoms with E-state index in [0.29, 0.717) is 6.04 Å². The van der Waals surface area contributed by atoms with Gasteiger partial charge in [0.2, 0.25) is 0 Å². The Bertz CT molecular complexity index is 515. The van der Waals surface area contributed by atoms with Crippen LogP contribution in [0.15, 0.2) is 24.5 Å². The molecule has 0 spiro atoms. The van der Waals surface area contributed by atoms with Crippen molar-refractivity contribution in [1.82, 2.24) is 14.9 Å². The van der Waals surface area contributed by atoms with Gasteiger partial charge < -0.3 is 9.88 Å². The molecular weight excluding hydrogens is 266 g/mol. The highest BCUT2D eigenvalue weighted by molar-refractivity contribution is 7.12. The van der Waals surface area contributed by atoms with E-state index in [0.717, 1.165) is 32.4 Å². The predicted octanol–water partition coefficient (Wildman–Crippen LogP) is 3.81. The molecule has 0 saturated heterocycles. The summed E-state index contributed by atoms with van der Waals surface area (Å²) in [5.74, 6) is 1.18. The number of aromatic nitrogens is 2. The van der Waals surface area contributed by atoms with Crippen molar-refractivity contribution in [2.45, 2.75) is 52.6 Å². The fraction of sp³-hybridized carbons (Fsp3) is 0.562. The Morgan fingerprint density at radius 1 is 1.30 bits per heavy atom. The smallest absolute Gasteiger partial charge is 0.110 e. The molecule has 0 aliphatic heterocycles. The molecule has 0 saturated carbocycles. The Morgan fingerprint density at radius 2 is 2.15 bits per heavy atom. The van der Waals surface area contributed by atoms with E-state index in [2.05, 4.69) is 54.0 Å². The number of likely N-dealkylation sites (N-methyl/N-ethyl adjacent to an activating group) is 1. The Balaban J connectivity index is 2.14. The van der Waals surface area contributed by atoms with Gasteiger partial charge in [0, 0.05) is 41.2 Å². The van der Waals surface area contributed by atoms with Gasteiger partial charge in [0.15, 0.2) is 0 Å². The van der Waals surface area contributed by atoms with E-state index >= 15 is 0 Å². The molecule has 2 heterocycles. The van der Waals surface area contributed by atoms with Gasteiger partial charge in [-0.1, -0.05) is 20.8 Å². The highest BCUT2D eigenvalue weighted by atomic mass is 32.1. The van der Waals surface area contributed by atoms with Gasteiger partial charge in [-0.25, -0.2) is 4.98 Å². The summed E-state index contributed by atoms with van der Waals surface area (Å²) in [6.45, 7) is 8.63. The lowest BCUT2D eigenvalue weighted by Crippen LogP contribution is -2.23. The van der Waals surface area contributed by atoms with Crippen molar-refractivity contribution in [3.63, 3.8) is 0 Å². The minimum Gasteiger partial charge on any atom is -0.335 e. The summed E-state index contributed by atoms with van der Waals surface area (Å²) >= 11 is 1.92. The summed E-state index contributed by atoms with van der Waals surface area (Å²) in [7, 11) is 0. The van der Waals surface area contributed by atoms with Gasteiger partial charge in [-0.2, -0.15) is 0 Å². The second kappa shape index (κ2) is 7.60. The first kappa shape index (κ1) is 15.3. The summed E-state index contributed by atoms with van der Waals surface area (Å²) in [5, 5.41) is 3.60. The van der Waals surface area contributed by atoms with Crippen LogP contribution in [0.2, 0.25) is 0 Å². The van der Waals surface area contributed by atoms with Crippen molar-refractivity contribution in [3.8, 4) is 0 Å². The zero-order chi connectivity index (χ0) is 14.4. The van der Waals surface area contributed by atoms with E-state index in [4.69, 9.17) is 0 Å². The van der Waals surface area contributed by atoms with Crippen molar-refractivity contribution in [2.75, 3.05) is 6.54 Å². The van der Waals surface area contributed by atoms with Gasteiger partial charge in [-0.15, -0.1) is 11.3 Å². The lowest BCUT2D eigenvalue weighted by Gasteiger charge is -2.17. The minimum absolute atomic E-state index is 0.378. The molecule has 2 aromatic rings. The number of hydrogen-bond acceptors (Lipinski definition) is 3. The van der Waals surface area contributed by atoms with Crippen LogP contribution in [0.4, 0.5) is 0 Å². The first-order valence-corrected chi connectivity index (χ1v) is 8.42. The van der Waals surface area contributed by atoms with Gasteiger partial charge in [-0.05, 0) is 31.5 Å². The van der Waals surface area contributed by atoms with Crippen LogP contribution in [0.3, 0.4) is 0 Å². The molecule has 110 valence electrons. The number of imidazole rings is 1. The third-order valence-corrected chi connectivity index (χ3v) is 4.82. The van der Waals surface area contributed by atoms with Crippen LogP contribution in [-0.2, 0) is 19.4 Å². The number of rotatable bonds is 8. The fourth-order valence-corrected chi connectivity index (χ4v) is 3.48. The van der Waals surface area contributed by atoms with E-state index in [1.807, 2.05) is 17.5 Å². The third kappa shape index (κ3) is 3.70. The van der Waals surface area contributed by atoms with Gasteiger partial charge in [0.1, 0.15) is 5.82 Å². The largest absolute Gasteiger partial charge is 0.335 e. The van der Waals surface area contributed by atoms with Crippen molar-refractivity contribution >= 4 is 11.3 Å². The number of nitrogens with one attached hydrogen (secondary N) is 1. The van der Waals surface area contributed by atoms with Gasteiger partial charge >= 0.3 is 0 Å². The second-order valence-electron chi connectivity index (χ2n) is 5.01. The van der Waals surface area contributed by atoms with Gasteiger partial charge in [0.25, 0.3) is 0 Å². The lowest BCUT2D eigenvalue weighted by atomic mass is 10.1. The van der Waals surface area contributed by atoms with Crippen molar-refractivity contribution in [3.05, 3.63) is 40.1 Å². The molecule has 4 heteroatoms. The predicted molar refractivity (Wildman–Crippen MR) is 86.3 cm³/mol. The Labute approximate surface area is 126 Å². The number of thiophene rings is 1. The molecular formula is C16H25N3S. The van der Waals surface area contributed by atoms with E-state index in [1.165, 1.54) is 15.6 Å². The summed E-state index contributed by atoms with van der Waals surface area (Å²) in [4.78, 5) is 7.42. The van der Waals surface area contributed by atoms with E-state index in [9.17, 15) is 0 Å². The van der Waals surface area contributed by atoms with E-state index in [1.54, 1.807) is 0 Å². The summed E-state index contributed by atoms with van der Waals surface area (Å²) in [6.07, 6.45) is 7.24. The van der Waals surface area contributed by atoms with Crippen molar-refractivity contribution in [1.29, 1.82) is 0 Å². The van der Waals surface area contributed by atoms with Crippen LogP contribution in [0.5, 0.6) is 0 Å². The molecule has 3 nitrogen and oxygen atoms in total. The summed E-state index contributed by atoms with van der Waals surface area (Å²) in [6, 6.07) is 4.90. The van der Waals surface area contributed by atoms with Crippen LogP contribution in [0.25, 0.3) is 0 Å². The number of hydrogen-bond donors (Lipinski definition) is 1. The van der Waals surface area contributed by atoms with Crippen LogP contribution in [-0.4, -0.2) is 16.1 Å². The maximum atomic E-state index is 4.54. The molecule has 0 radical (unpaired) electrons. The average Bonchev–Trinajstić information content (AvgIpc) is 3.08. The molecule has 0 bridgehead atoms. The average molecular weight is 291 g/mol. The summed E-state index contributed by atoms with van der Waals surface area (Å²) in [5.41, 5.74) is 0. The standard InChI is InChI=1S/C16H25N3S/c1-4-10-19-11-9-18-16(19)12-14(17-6-3)15-8-7-13(5-2)20-15/h7-9,11,14,17H,4-6,10,12H2,1-3H3. The highest BCUT2D eigenvalue weighted by Gasteiger charge is 2.16. The molecule has 1 N–H and O–H groups in total. The van der Waals surface area contributed by atoms with Crippen LogP contribution in [0.1, 0.15) is 48.8 Å². The van der Waals surface area contributed by atoms with Crippen LogP contribution < -0.4 is 5.32 Å². The molecule has 1 atom stereocenters. The zero-order valence-corrected chi connectivity index (χ0v) is 13.5. The van der Waals surface area contributed by atoms with Gasteiger partial charge in [0.05, 0.1) is 0 Å². The zero-order valence-electron chi connectivity index (χ0n) is 12.7. The van der Waals surface area contributed by atoms with Crippen molar-refractivity contribution in [2.24, 2.45) is 0 Å². The first-order valence-electron chi connectivity index (χ1n) is 7.60. The molecule has 2 rings (SSSR count). The monoisotopic (exact) mass is 291 g/mol. The first-order chi connectivity index (χ1) is 9.78. The maximum Gasteiger partial charge on any atom is 0.110 e. The number of aryl methyl sites for hydroxylation is 2. The minimum atomic E-state index is 0.378. The summed E-state index contributed by atoms with van der Waals surface area (Å²) < 4.78 is 2.28. The third-order valence-electron chi connectivity index (χ3n) is 3.48. The highest BCUT2D eigenvalue weighted by Crippen LogP contribution is 2.26. The molecule has 20 heavy (non-hydrogen) atoms. The lowest BCUT2D eigenvalue weighted by molar-refractivity contribution is 0.522. The van der Waals surface area contributed by atoms with Gasteiger partial charge in [-0.3, -0.25) is 0 Å². The van der Waals surface area contributed by atoms with E-state index < -0.39 is 0 Å². The maximum absolute atomic E-state index is 4.54. The topological polar surface area (TPSA) is 29.9 Å². The second-order valence-corrected chi connectivity index (χ2v) is 6.21. The normalized spacial score (nSPS) is 12.8. The quantitative estimate of drug-likeness (QED) is 0.801. The van der Waals surface area contributed by atoms with Crippen molar-refractivity contribution < 1.29 is 0 Å². The molecule has 0 fully saturated rings. The molecule has 1 unspecified atom stereocenters. The Kier molecular flexibility index (Phi) is 5.80. The fourth-order valence-electron chi connectivity index (χ4n) is 2.45.